The molecule has 3 aromatic rings. The standard InChI is InChI=1S/C16H19N5O2/c1-19-14-7-17-11-18-15(14)21(16(19)22)13-3-2-5-20(9-13)8-12-4-6-23-10-12/h4,6-7,10-11,13H,2-3,5,8-9H2,1H3. The van der Waals surface area contributed by atoms with Gasteiger partial charge in [-0.05, 0) is 25.5 Å². The van der Waals surface area contributed by atoms with Gasteiger partial charge in [-0.25, -0.2) is 14.8 Å². The zero-order valence-corrected chi connectivity index (χ0v) is 13.1. The quantitative estimate of drug-likeness (QED) is 0.734. The molecule has 4 heterocycles. The topological polar surface area (TPSA) is 69.1 Å². The molecule has 0 aromatic carbocycles. The van der Waals surface area contributed by atoms with Crippen LogP contribution < -0.4 is 5.69 Å². The minimum Gasteiger partial charge on any atom is -0.472 e. The highest BCUT2D eigenvalue weighted by Crippen LogP contribution is 2.24. The van der Waals surface area contributed by atoms with Crippen molar-refractivity contribution in [1.82, 2.24) is 24.0 Å². The van der Waals surface area contributed by atoms with E-state index >= 15 is 0 Å². The van der Waals surface area contributed by atoms with Crippen LogP contribution in [0.2, 0.25) is 0 Å². The van der Waals surface area contributed by atoms with Gasteiger partial charge in [-0.2, -0.15) is 0 Å². The molecule has 7 nitrogen and oxygen atoms in total. The van der Waals surface area contributed by atoms with Gasteiger partial charge >= 0.3 is 5.69 Å². The van der Waals surface area contributed by atoms with Gasteiger partial charge in [0.1, 0.15) is 11.8 Å². The zero-order chi connectivity index (χ0) is 15.8. The summed E-state index contributed by atoms with van der Waals surface area (Å²) in [6.45, 7) is 2.73. The van der Waals surface area contributed by atoms with Crippen LogP contribution in [0.15, 0.2) is 40.3 Å². The van der Waals surface area contributed by atoms with Crippen molar-refractivity contribution in [3.05, 3.63) is 47.2 Å². The molecule has 0 saturated carbocycles. The average Bonchev–Trinajstić information content (AvgIpc) is 3.16. The van der Waals surface area contributed by atoms with Gasteiger partial charge in [0.05, 0.1) is 24.8 Å². The lowest BCUT2D eigenvalue weighted by Gasteiger charge is -2.32. The minimum atomic E-state index is -0.0179. The second kappa shape index (κ2) is 5.66. The number of piperidine rings is 1. The largest absolute Gasteiger partial charge is 0.472 e. The third-order valence-corrected chi connectivity index (χ3v) is 4.59. The molecule has 0 amide bonds. The number of hydrogen-bond acceptors (Lipinski definition) is 5. The molecule has 0 N–H and O–H groups in total. The molecule has 4 rings (SSSR count). The van der Waals surface area contributed by atoms with Crippen molar-refractivity contribution in [1.29, 1.82) is 0 Å². The van der Waals surface area contributed by atoms with Crippen LogP contribution in [0.4, 0.5) is 0 Å². The van der Waals surface area contributed by atoms with E-state index in [1.54, 1.807) is 30.3 Å². The Kier molecular flexibility index (Phi) is 3.49. The van der Waals surface area contributed by atoms with Gasteiger partial charge in [0.25, 0.3) is 0 Å². The lowest BCUT2D eigenvalue weighted by molar-refractivity contribution is 0.169. The van der Waals surface area contributed by atoms with E-state index in [9.17, 15) is 4.79 Å². The summed E-state index contributed by atoms with van der Waals surface area (Å²) in [7, 11) is 1.77. The normalized spacial score (nSPS) is 19.4. The van der Waals surface area contributed by atoms with Gasteiger partial charge in [0.2, 0.25) is 0 Å². The summed E-state index contributed by atoms with van der Waals surface area (Å²) >= 11 is 0. The number of fused-ring (bicyclic) bond motifs is 1. The highest BCUT2D eigenvalue weighted by molar-refractivity contribution is 5.70. The van der Waals surface area contributed by atoms with Gasteiger partial charge in [0.15, 0.2) is 5.65 Å². The van der Waals surface area contributed by atoms with Crippen LogP contribution in [0.1, 0.15) is 24.4 Å². The monoisotopic (exact) mass is 313 g/mol. The number of likely N-dealkylation sites (tertiary alicyclic amines) is 1. The summed E-state index contributed by atoms with van der Waals surface area (Å²) in [5.41, 5.74) is 2.65. The molecule has 23 heavy (non-hydrogen) atoms. The molecule has 1 unspecified atom stereocenters. The molecule has 1 atom stereocenters. The molecule has 0 spiro atoms. The average molecular weight is 313 g/mol. The number of hydrogen-bond donors (Lipinski definition) is 0. The predicted molar refractivity (Wildman–Crippen MR) is 85.0 cm³/mol. The third-order valence-electron chi connectivity index (χ3n) is 4.59. The van der Waals surface area contributed by atoms with Crippen LogP contribution in [0.25, 0.3) is 11.2 Å². The molecule has 0 radical (unpaired) electrons. The van der Waals surface area contributed by atoms with E-state index in [0.29, 0.717) is 0 Å². The number of aromatic nitrogens is 4. The van der Waals surface area contributed by atoms with Crippen molar-refractivity contribution in [3.63, 3.8) is 0 Å². The molecular weight excluding hydrogens is 294 g/mol. The van der Waals surface area contributed by atoms with Crippen LogP contribution in [0, 0.1) is 0 Å². The first kappa shape index (κ1) is 14.2. The van der Waals surface area contributed by atoms with Crippen molar-refractivity contribution in [2.24, 2.45) is 7.05 Å². The number of furan rings is 1. The van der Waals surface area contributed by atoms with E-state index in [4.69, 9.17) is 4.42 Å². The Morgan fingerprint density at radius 1 is 1.43 bits per heavy atom. The van der Waals surface area contributed by atoms with Gasteiger partial charge in [-0.3, -0.25) is 14.0 Å². The van der Waals surface area contributed by atoms with Crippen molar-refractivity contribution >= 4 is 11.2 Å². The van der Waals surface area contributed by atoms with Crippen LogP contribution in [-0.4, -0.2) is 37.1 Å². The van der Waals surface area contributed by atoms with E-state index in [0.717, 1.165) is 43.6 Å². The molecule has 0 aliphatic carbocycles. The number of imidazole rings is 1. The van der Waals surface area contributed by atoms with E-state index in [-0.39, 0.29) is 11.7 Å². The summed E-state index contributed by atoms with van der Waals surface area (Å²) < 4.78 is 8.61. The Morgan fingerprint density at radius 3 is 3.17 bits per heavy atom. The van der Waals surface area contributed by atoms with E-state index in [1.165, 1.54) is 11.9 Å². The molecule has 3 aromatic heterocycles. The lowest BCUT2D eigenvalue weighted by atomic mass is 10.0. The number of nitrogens with zero attached hydrogens (tertiary/aromatic N) is 5. The molecule has 1 aliphatic heterocycles. The number of aryl methyl sites for hydroxylation is 1. The lowest BCUT2D eigenvalue weighted by Crippen LogP contribution is -2.39. The predicted octanol–water partition coefficient (Wildman–Crippen LogP) is 1.56. The minimum absolute atomic E-state index is 0.0179. The second-order valence-electron chi connectivity index (χ2n) is 6.11. The van der Waals surface area contributed by atoms with Crippen LogP contribution in [0.5, 0.6) is 0 Å². The molecule has 7 heteroatoms. The highest BCUT2D eigenvalue weighted by atomic mass is 16.3. The smallest absolute Gasteiger partial charge is 0.330 e. The Morgan fingerprint density at radius 2 is 2.35 bits per heavy atom. The Hall–Kier alpha value is -2.41. The summed E-state index contributed by atoms with van der Waals surface area (Å²) in [6, 6.07) is 2.13. The first-order chi connectivity index (χ1) is 11.2. The molecule has 120 valence electrons. The van der Waals surface area contributed by atoms with Gasteiger partial charge in [-0.1, -0.05) is 0 Å². The number of rotatable bonds is 3. The maximum absolute atomic E-state index is 12.6. The Balaban J connectivity index is 1.65. The Labute approximate surface area is 133 Å². The first-order valence-corrected chi connectivity index (χ1v) is 7.84. The summed E-state index contributed by atoms with van der Waals surface area (Å²) in [5.74, 6) is 0. The summed E-state index contributed by atoms with van der Waals surface area (Å²) in [4.78, 5) is 23.4. The van der Waals surface area contributed by atoms with Crippen LogP contribution in [-0.2, 0) is 13.6 Å². The van der Waals surface area contributed by atoms with Gasteiger partial charge in [0, 0.05) is 25.7 Å². The maximum atomic E-state index is 12.6. The summed E-state index contributed by atoms with van der Waals surface area (Å²) in [6.07, 6.45) is 8.74. The fourth-order valence-electron chi connectivity index (χ4n) is 3.45. The van der Waals surface area contributed by atoms with E-state index in [2.05, 4.69) is 14.9 Å². The molecule has 1 fully saturated rings. The van der Waals surface area contributed by atoms with Gasteiger partial charge < -0.3 is 4.42 Å². The summed E-state index contributed by atoms with van der Waals surface area (Å²) in [5, 5.41) is 0. The van der Waals surface area contributed by atoms with Crippen LogP contribution in [0.3, 0.4) is 0 Å². The van der Waals surface area contributed by atoms with E-state index in [1.807, 2.05) is 10.6 Å². The van der Waals surface area contributed by atoms with Crippen LogP contribution >= 0.6 is 0 Å². The van der Waals surface area contributed by atoms with Crippen molar-refractivity contribution < 1.29 is 4.42 Å². The Bertz CT molecular complexity index is 864. The first-order valence-electron chi connectivity index (χ1n) is 7.84. The fraction of sp³-hybridized carbons (Fsp3) is 0.438. The van der Waals surface area contributed by atoms with Gasteiger partial charge in [-0.15, -0.1) is 0 Å². The van der Waals surface area contributed by atoms with Crippen molar-refractivity contribution in [2.45, 2.75) is 25.4 Å². The fourth-order valence-corrected chi connectivity index (χ4v) is 3.45. The SMILES string of the molecule is Cn1c(=O)n(C2CCCN(Cc3ccoc3)C2)c2ncncc21. The third kappa shape index (κ3) is 2.46. The second-order valence-corrected chi connectivity index (χ2v) is 6.11. The van der Waals surface area contributed by atoms with E-state index < -0.39 is 0 Å². The molecule has 1 aliphatic rings. The van der Waals surface area contributed by atoms with Crippen molar-refractivity contribution in [2.75, 3.05) is 13.1 Å². The van der Waals surface area contributed by atoms with Crippen molar-refractivity contribution in [3.8, 4) is 0 Å². The maximum Gasteiger partial charge on any atom is 0.330 e. The highest BCUT2D eigenvalue weighted by Gasteiger charge is 2.26. The molecular formula is C16H19N5O2. The molecule has 0 bridgehead atoms. The zero-order valence-electron chi connectivity index (χ0n) is 13.1. The molecule has 1 saturated heterocycles.